The molecule has 146 valence electrons. The van der Waals surface area contributed by atoms with Crippen molar-refractivity contribution in [2.75, 3.05) is 0 Å². The van der Waals surface area contributed by atoms with E-state index in [2.05, 4.69) is 67.3 Å². The summed E-state index contributed by atoms with van der Waals surface area (Å²) in [6.07, 6.45) is 9.82. The zero-order chi connectivity index (χ0) is 19.3. The van der Waals surface area contributed by atoms with E-state index in [4.69, 9.17) is 4.98 Å². The smallest absolute Gasteiger partial charge is 0.112 e. The Hall–Kier alpha value is -0.790. The number of aromatic nitrogens is 2. The molecular formula is C23H44N2. The van der Waals surface area contributed by atoms with Crippen molar-refractivity contribution in [1.29, 1.82) is 0 Å². The van der Waals surface area contributed by atoms with E-state index in [1.54, 1.807) is 0 Å². The van der Waals surface area contributed by atoms with Gasteiger partial charge in [-0.1, -0.05) is 94.4 Å². The molecule has 0 fully saturated rings. The van der Waals surface area contributed by atoms with Crippen LogP contribution in [0.15, 0.2) is 0 Å². The van der Waals surface area contributed by atoms with Gasteiger partial charge in [-0.25, -0.2) is 4.98 Å². The lowest BCUT2D eigenvalue weighted by Gasteiger charge is -2.30. The van der Waals surface area contributed by atoms with Crippen molar-refractivity contribution in [2.45, 2.75) is 130 Å². The van der Waals surface area contributed by atoms with E-state index in [9.17, 15) is 0 Å². The Morgan fingerprint density at radius 1 is 0.680 bits per heavy atom. The first-order chi connectivity index (χ1) is 11.5. The quantitative estimate of drug-likeness (QED) is 0.442. The number of aromatic amines is 1. The Morgan fingerprint density at radius 2 is 1.20 bits per heavy atom. The number of hydrogen-bond donors (Lipinski definition) is 1. The largest absolute Gasteiger partial charge is 0.345 e. The lowest BCUT2D eigenvalue weighted by molar-refractivity contribution is 0.409. The van der Waals surface area contributed by atoms with Crippen molar-refractivity contribution in [1.82, 2.24) is 9.97 Å². The first kappa shape index (κ1) is 22.3. The molecule has 0 aliphatic rings. The molecule has 2 heteroatoms. The average molecular weight is 349 g/mol. The van der Waals surface area contributed by atoms with Crippen molar-refractivity contribution < 1.29 is 0 Å². The number of H-pyrrole nitrogens is 1. The van der Waals surface area contributed by atoms with Crippen LogP contribution in [-0.4, -0.2) is 9.97 Å². The Bertz CT molecular complexity index is 520. The molecule has 25 heavy (non-hydrogen) atoms. The molecule has 0 radical (unpaired) electrons. The molecule has 1 aromatic rings. The zero-order valence-electron chi connectivity index (χ0n) is 18.6. The van der Waals surface area contributed by atoms with Crippen LogP contribution in [0, 0.1) is 0 Å². The van der Waals surface area contributed by atoms with Crippen LogP contribution >= 0.6 is 0 Å². The van der Waals surface area contributed by atoms with E-state index in [0.29, 0.717) is 0 Å². The molecule has 0 amide bonds. The van der Waals surface area contributed by atoms with E-state index < -0.39 is 0 Å². The maximum absolute atomic E-state index is 5.24. The van der Waals surface area contributed by atoms with Crippen molar-refractivity contribution in [3.8, 4) is 0 Å². The molecule has 0 saturated carbocycles. The maximum atomic E-state index is 5.24. The third kappa shape index (κ3) is 5.59. The van der Waals surface area contributed by atoms with Crippen LogP contribution in [0.4, 0.5) is 0 Å². The summed E-state index contributed by atoms with van der Waals surface area (Å²) in [6.45, 7) is 21.1. The summed E-state index contributed by atoms with van der Waals surface area (Å²) in [5, 5.41) is 0. The average Bonchev–Trinajstić information content (AvgIpc) is 2.99. The third-order valence-electron chi connectivity index (χ3n) is 5.85. The van der Waals surface area contributed by atoms with E-state index in [0.717, 1.165) is 0 Å². The van der Waals surface area contributed by atoms with Gasteiger partial charge in [0.25, 0.3) is 0 Å². The Morgan fingerprint density at radius 3 is 1.68 bits per heavy atom. The molecule has 1 N–H and O–H groups in total. The number of nitrogens with one attached hydrogen (secondary N) is 1. The van der Waals surface area contributed by atoms with Gasteiger partial charge in [-0.2, -0.15) is 0 Å². The highest BCUT2D eigenvalue weighted by Gasteiger charge is 2.36. The predicted octanol–water partition coefficient (Wildman–Crippen LogP) is 7.42. The lowest BCUT2D eigenvalue weighted by Crippen LogP contribution is -2.26. The molecule has 0 unspecified atom stereocenters. The second-order valence-electron chi connectivity index (χ2n) is 9.92. The highest BCUT2D eigenvalue weighted by molar-refractivity contribution is 5.31. The van der Waals surface area contributed by atoms with Crippen LogP contribution < -0.4 is 0 Å². The van der Waals surface area contributed by atoms with Gasteiger partial charge in [0.2, 0.25) is 0 Å². The second-order valence-corrected chi connectivity index (χ2v) is 9.92. The minimum atomic E-state index is 0.117. The maximum Gasteiger partial charge on any atom is 0.112 e. The monoisotopic (exact) mass is 348 g/mol. The van der Waals surface area contributed by atoms with Gasteiger partial charge in [0.1, 0.15) is 5.82 Å². The Labute approximate surface area is 157 Å². The van der Waals surface area contributed by atoms with Crippen LogP contribution in [0.25, 0.3) is 0 Å². The zero-order valence-corrected chi connectivity index (χ0v) is 18.6. The molecule has 1 rings (SSSR count). The minimum Gasteiger partial charge on any atom is -0.345 e. The minimum absolute atomic E-state index is 0.117. The van der Waals surface area contributed by atoms with Gasteiger partial charge in [-0.15, -0.1) is 0 Å². The summed E-state index contributed by atoms with van der Waals surface area (Å²) in [6, 6.07) is 0. The van der Waals surface area contributed by atoms with Crippen LogP contribution in [0.5, 0.6) is 0 Å². The van der Waals surface area contributed by atoms with Crippen LogP contribution in [0.2, 0.25) is 0 Å². The molecule has 0 atom stereocenters. The van der Waals surface area contributed by atoms with E-state index in [1.807, 2.05) is 0 Å². The van der Waals surface area contributed by atoms with Crippen molar-refractivity contribution >= 4 is 0 Å². The van der Waals surface area contributed by atoms with Crippen LogP contribution in [0.1, 0.15) is 131 Å². The number of rotatable bonds is 11. The predicted molar refractivity (Wildman–Crippen MR) is 112 cm³/mol. The standard InChI is InChI=1S/C23H44N2/c1-10-13-16-22(6,7)19-18(21(4,5)15-12-3)24-20(25-19)23(8,9)17-14-11-2/h10-17H2,1-9H3,(H,24,25). The first-order valence-electron chi connectivity index (χ1n) is 10.6. The summed E-state index contributed by atoms with van der Waals surface area (Å²) >= 11 is 0. The summed E-state index contributed by atoms with van der Waals surface area (Å²) in [5.74, 6) is 1.19. The second kappa shape index (κ2) is 8.73. The molecule has 0 spiro atoms. The Kier molecular flexibility index (Phi) is 7.77. The molecule has 1 heterocycles. The van der Waals surface area contributed by atoms with Crippen molar-refractivity contribution in [3.05, 3.63) is 17.2 Å². The topological polar surface area (TPSA) is 28.7 Å². The normalized spacial score (nSPS) is 13.5. The summed E-state index contributed by atoms with van der Waals surface area (Å²) in [4.78, 5) is 9.08. The molecule has 0 saturated heterocycles. The fraction of sp³-hybridized carbons (Fsp3) is 0.870. The lowest BCUT2D eigenvalue weighted by atomic mass is 9.76. The third-order valence-corrected chi connectivity index (χ3v) is 5.85. The van der Waals surface area contributed by atoms with Crippen molar-refractivity contribution in [2.24, 2.45) is 0 Å². The number of nitrogens with zero attached hydrogens (tertiary/aromatic N) is 1. The molecule has 1 aromatic heterocycles. The number of imidazole rings is 1. The van der Waals surface area contributed by atoms with Gasteiger partial charge in [-0.05, 0) is 19.3 Å². The summed E-state index contributed by atoms with van der Waals surface area (Å²) in [5.41, 5.74) is 3.10. The highest BCUT2D eigenvalue weighted by Crippen LogP contribution is 2.40. The summed E-state index contributed by atoms with van der Waals surface area (Å²) < 4.78 is 0. The van der Waals surface area contributed by atoms with Crippen LogP contribution in [-0.2, 0) is 16.2 Å². The molecule has 2 nitrogen and oxygen atoms in total. The van der Waals surface area contributed by atoms with Gasteiger partial charge in [0, 0.05) is 21.9 Å². The molecule has 0 aliphatic heterocycles. The SMILES string of the molecule is CCCCC(C)(C)c1nc(C(C)(C)CCC)c(C(C)(C)CCCC)[nH]1. The van der Waals surface area contributed by atoms with Gasteiger partial charge >= 0.3 is 0 Å². The van der Waals surface area contributed by atoms with Gasteiger partial charge in [0.15, 0.2) is 0 Å². The van der Waals surface area contributed by atoms with Gasteiger partial charge < -0.3 is 4.98 Å². The number of hydrogen-bond acceptors (Lipinski definition) is 1. The van der Waals surface area contributed by atoms with Gasteiger partial charge in [0.05, 0.1) is 5.69 Å². The van der Waals surface area contributed by atoms with E-state index >= 15 is 0 Å². The fourth-order valence-corrected chi connectivity index (χ4v) is 3.90. The molecule has 0 bridgehead atoms. The first-order valence-corrected chi connectivity index (χ1v) is 10.6. The highest BCUT2D eigenvalue weighted by atomic mass is 15.0. The van der Waals surface area contributed by atoms with Gasteiger partial charge in [-0.3, -0.25) is 0 Å². The number of unbranched alkanes of at least 4 members (excludes halogenated alkanes) is 2. The molecule has 0 aliphatic carbocycles. The molecule has 0 aromatic carbocycles. The molecular weight excluding hydrogens is 304 g/mol. The van der Waals surface area contributed by atoms with Crippen LogP contribution in [0.3, 0.4) is 0 Å². The Balaban J connectivity index is 3.37. The van der Waals surface area contributed by atoms with E-state index in [-0.39, 0.29) is 16.2 Å². The summed E-state index contributed by atoms with van der Waals surface area (Å²) in [7, 11) is 0. The van der Waals surface area contributed by atoms with Crippen molar-refractivity contribution in [3.63, 3.8) is 0 Å². The van der Waals surface area contributed by atoms with E-state index in [1.165, 1.54) is 68.6 Å². The fourth-order valence-electron chi connectivity index (χ4n) is 3.90.